The summed E-state index contributed by atoms with van der Waals surface area (Å²) in [6.45, 7) is 0.717. The number of aliphatic carboxylic acids is 1. The second kappa shape index (κ2) is 5.59. The van der Waals surface area contributed by atoms with Gasteiger partial charge in [-0.1, -0.05) is 12.8 Å². The number of carbonyl (C=O) groups excluding carboxylic acids is 1. The van der Waals surface area contributed by atoms with E-state index in [1.54, 1.807) is 0 Å². The van der Waals surface area contributed by atoms with E-state index in [1.807, 2.05) is 0 Å². The van der Waals surface area contributed by atoms with Crippen LogP contribution < -0.4 is 10.6 Å². The van der Waals surface area contributed by atoms with Gasteiger partial charge in [0, 0.05) is 6.54 Å². The van der Waals surface area contributed by atoms with Gasteiger partial charge in [-0.05, 0) is 38.0 Å². The summed E-state index contributed by atoms with van der Waals surface area (Å²) in [5.74, 6) is -0.238. The first-order chi connectivity index (χ1) is 8.60. The Morgan fingerprint density at radius 2 is 1.83 bits per heavy atom. The number of nitrogens with one attached hydrogen (secondary N) is 2. The number of carbonyl (C=O) groups is 2. The van der Waals surface area contributed by atoms with E-state index in [0.29, 0.717) is 5.92 Å². The van der Waals surface area contributed by atoms with Crippen LogP contribution >= 0.6 is 0 Å². The number of hydrogen-bond donors (Lipinski definition) is 3. The molecule has 0 bridgehead atoms. The van der Waals surface area contributed by atoms with Crippen molar-refractivity contribution in [2.24, 2.45) is 5.92 Å². The molecule has 2 saturated carbocycles. The zero-order valence-electron chi connectivity index (χ0n) is 10.7. The average Bonchev–Trinajstić information content (AvgIpc) is 2.75. The van der Waals surface area contributed by atoms with Gasteiger partial charge in [0.25, 0.3) is 0 Å². The van der Waals surface area contributed by atoms with E-state index in [2.05, 4.69) is 10.6 Å². The maximum atomic E-state index is 11.8. The quantitative estimate of drug-likeness (QED) is 0.701. The minimum Gasteiger partial charge on any atom is -0.481 e. The standard InChI is InChI=1S/C13H22N2O3/c16-11(17)8-13(6-3-7-13)15-12(18)14-9-10-4-1-2-5-10/h10H,1-9H2,(H,16,17)(H2,14,15,18). The number of amides is 2. The Hall–Kier alpha value is -1.26. The number of rotatable bonds is 5. The van der Waals surface area contributed by atoms with Crippen molar-refractivity contribution >= 4 is 12.0 Å². The second-order valence-electron chi connectivity index (χ2n) is 5.69. The highest BCUT2D eigenvalue weighted by Crippen LogP contribution is 2.34. The van der Waals surface area contributed by atoms with Crippen LogP contribution in [0.2, 0.25) is 0 Å². The Balaban J connectivity index is 1.73. The molecule has 0 aromatic rings. The first-order valence-corrected chi connectivity index (χ1v) is 6.87. The lowest BCUT2D eigenvalue weighted by Gasteiger charge is -2.41. The molecule has 0 aromatic carbocycles. The molecular formula is C13H22N2O3. The van der Waals surface area contributed by atoms with Crippen LogP contribution in [-0.2, 0) is 4.79 Å². The molecule has 2 amide bonds. The fourth-order valence-electron chi connectivity index (χ4n) is 2.98. The molecule has 0 aliphatic heterocycles. The molecule has 0 spiro atoms. The lowest BCUT2D eigenvalue weighted by molar-refractivity contribution is -0.139. The average molecular weight is 254 g/mol. The van der Waals surface area contributed by atoms with E-state index in [0.717, 1.165) is 25.8 Å². The van der Waals surface area contributed by atoms with Gasteiger partial charge in [-0.15, -0.1) is 0 Å². The fourth-order valence-corrected chi connectivity index (χ4v) is 2.98. The van der Waals surface area contributed by atoms with E-state index in [9.17, 15) is 9.59 Å². The van der Waals surface area contributed by atoms with Gasteiger partial charge >= 0.3 is 12.0 Å². The first-order valence-electron chi connectivity index (χ1n) is 6.87. The molecule has 0 unspecified atom stereocenters. The van der Waals surface area contributed by atoms with Crippen LogP contribution in [0.25, 0.3) is 0 Å². The SMILES string of the molecule is O=C(O)CC1(NC(=O)NCC2CCCC2)CCC1. The van der Waals surface area contributed by atoms with Gasteiger partial charge in [-0.25, -0.2) is 4.79 Å². The molecule has 0 atom stereocenters. The van der Waals surface area contributed by atoms with Gasteiger partial charge < -0.3 is 15.7 Å². The van der Waals surface area contributed by atoms with Crippen LogP contribution in [0.3, 0.4) is 0 Å². The summed E-state index contributed by atoms with van der Waals surface area (Å²) in [5, 5.41) is 14.6. The zero-order valence-corrected chi connectivity index (χ0v) is 10.7. The Morgan fingerprint density at radius 3 is 2.33 bits per heavy atom. The molecule has 0 saturated heterocycles. The van der Waals surface area contributed by atoms with Crippen LogP contribution in [0.1, 0.15) is 51.4 Å². The van der Waals surface area contributed by atoms with Crippen molar-refractivity contribution in [3.05, 3.63) is 0 Å². The van der Waals surface area contributed by atoms with E-state index >= 15 is 0 Å². The molecule has 2 aliphatic rings. The molecule has 5 nitrogen and oxygen atoms in total. The Bertz CT molecular complexity index is 320. The largest absolute Gasteiger partial charge is 0.481 e. The highest BCUT2D eigenvalue weighted by molar-refractivity contribution is 5.77. The molecule has 3 N–H and O–H groups in total. The van der Waals surface area contributed by atoms with Gasteiger partial charge in [0.15, 0.2) is 0 Å². The van der Waals surface area contributed by atoms with Crippen LogP contribution in [-0.4, -0.2) is 29.2 Å². The number of carboxylic acids is 1. The van der Waals surface area contributed by atoms with Crippen LogP contribution in [0.4, 0.5) is 4.79 Å². The smallest absolute Gasteiger partial charge is 0.315 e. The van der Waals surface area contributed by atoms with Crippen molar-refractivity contribution in [3.63, 3.8) is 0 Å². The fraction of sp³-hybridized carbons (Fsp3) is 0.846. The normalized spacial score (nSPS) is 22.2. The Kier molecular flexibility index (Phi) is 4.09. The van der Waals surface area contributed by atoms with E-state index < -0.39 is 11.5 Å². The lowest BCUT2D eigenvalue weighted by atomic mass is 9.74. The Morgan fingerprint density at radius 1 is 1.17 bits per heavy atom. The monoisotopic (exact) mass is 254 g/mol. The minimum atomic E-state index is -0.842. The maximum absolute atomic E-state index is 11.8. The molecule has 0 heterocycles. The van der Waals surface area contributed by atoms with Crippen LogP contribution in [0, 0.1) is 5.92 Å². The molecule has 2 fully saturated rings. The summed E-state index contributed by atoms with van der Waals surface area (Å²) < 4.78 is 0. The third-order valence-corrected chi connectivity index (χ3v) is 4.21. The molecule has 2 aliphatic carbocycles. The van der Waals surface area contributed by atoms with Crippen LogP contribution in [0.5, 0.6) is 0 Å². The van der Waals surface area contributed by atoms with Crippen molar-refractivity contribution in [2.75, 3.05) is 6.54 Å². The second-order valence-corrected chi connectivity index (χ2v) is 5.69. The number of urea groups is 1. The lowest BCUT2D eigenvalue weighted by Crippen LogP contribution is -2.57. The molecule has 2 rings (SSSR count). The van der Waals surface area contributed by atoms with E-state index in [1.165, 1.54) is 25.7 Å². The van der Waals surface area contributed by atoms with Gasteiger partial charge in [-0.3, -0.25) is 4.79 Å². The van der Waals surface area contributed by atoms with Crippen molar-refractivity contribution in [1.82, 2.24) is 10.6 Å². The molecular weight excluding hydrogens is 232 g/mol. The summed E-state index contributed by atoms with van der Waals surface area (Å²) >= 11 is 0. The summed E-state index contributed by atoms with van der Waals surface area (Å²) in [6.07, 6.45) is 7.49. The van der Waals surface area contributed by atoms with Crippen molar-refractivity contribution < 1.29 is 14.7 Å². The number of carboxylic acid groups (broad SMARTS) is 1. The zero-order chi connectivity index (χ0) is 13.0. The highest BCUT2D eigenvalue weighted by Gasteiger charge is 2.40. The highest BCUT2D eigenvalue weighted by atomic mass is 16.4. The molecule has 0 aromatic heterocycles. The summed E-state index contributed by atoms with van der Waals surface area (Å²) in [7, 11) is 0. The third kappa shape index (κ3) is 3.37. The Labute approximate surface area is 107 Å². The summed E-state index contributed by atoms with van der Waals surface area (Å²) in [6, 6.07) is -0.206. The maximum Gasteiger partial charge on any atom is 0.315 e. The summed E-state index contributed by atoms with van der Waals surface area (Å²) in [5.41, 5.74) is -0.494. The van der Waals surface area contributed by atoms with Crippen molar-refractivity contribution in [1.29, 1.82) is 0 Å². The van der Waals surface area contributed by atoms with Crippen LogP contribution in [0.15, 0.2) is 0 Å². The molecule has 0 radical (unpaired) electrons. The predicted molar refractivity (Wildman–Crippen MR) is 67.3 cm³/mol. The predicted octanol–water partition coefficient (Wildman–Crippen LogP) is 1.87. The van der Waals surface area contributed by atoms with Gasteiger partial charge in [0.1, 0.15) is 0 Å². The number of hydrogen-bond acceptors (Lipinski definition) is 2. The summed E-state index contributed by atoms with van der Waals surface area (Å²) in [4.78, 5) is 22.6. The van der Waals surface area contributed by atoms with Gasteiger partial charge in [0.2, 0.25) is 0 Å². The van der Waals surface area contributed by atoms with Gasteiger partial charge in [0.05, 0.1) is 12.0 Å². The van der Waals surface area contributed by atoms with Gasteiger partial charge in [-0.2, -0.15) is 0 Å². The third-order valence-electron chi connectivity index (χ3n) is 4.21. The molecule has 102 valence electrons. The topological polar surface area (TPSA) is 78.4 Å². The minimum absolute atomic E-state index is 0.0316. The van der Waals surface area contributed by atoms with E-state index in [-0.39, 0.29) is 12.5 Å². The van der Waals surface area contributed by atoms with Crippen molar-refractivity contribution in [3.8, 4) is 0 Å². The van der Waals surface area contributed by atoms with E-state index in [4.69, 9.17) is 5.11 Å². The molecule has 18 heavy (non-hydrogen) atoms. The molecule has 5 heteroatoms. The first kappa shape index (κ1) is 13.2. The van der Waals surface area contributed by atoms with Crippen molar-refractivity contribution in [2.45, 2.75) is 56.9 Å².